The molecule has 1 fully saturated rings. The molecular weight excluding hydrogens is 236 g/mol. The van der Waals surface area contributed by atoms with Crippen molar-refractivity contribution in [3.05, 3.63) is 33.7 Å². The number of aromatic nitrogens is 1. The van der Waals surface area contributed by atoms with Gasteiger partial charge >= 0.3 is 0 Å². The van der Waals surface area contributed by atoms with Gasteiger partial charge in [0, 0.05) is 17.3 Å². The van der Waals surface area contributed by atoms with Crippen LogP contribution in [0.1, 0.15) is 69.2 Å². The van der Waals surface area contributed by atoms with Crippen LogP contribution < -0.4 is 5.56 Å². The van der Waals surface area contributed by atoms with Crippen LogP contribution in [0.2, 0.25) is 0 Å². The number of nitriles is 1. The molecule has 3 nitrogen and oxygen atoms in total. The maximum Gasteiger partial charge on any atom is 0.255 e. The Morgan fingerprint density at radius 2 is 2.00 bits per heavy atom. The fourth-order valence-electron chi connectivity index (χ4n) is 3.02. The fraction of sp³-hybridized carbons (Fsp3) is 0.625. The molecule has 0 aromatic carbocycles. The van der Waals surface area contributed by atoms with E-state index in [4.69, 9.17) is 5.26 Å². The van der Waals surface area contributed by atoms with Gasteiger partial charge in [-0.25, -0.2) is 0 Å². The maximum absolute atomic E-state index is 12.6. The molecule has 0 atom stereocenters. The lowest BCUT2D eigenvalue weighted by atomic mass is 9.93. The van der Waals surface area contributed by atoms with Gasteiger partial charge in [-0.15, -0.1) is 0 Å². The summed E-state index contributed by atoms with van der Waals surface area (Å²) >= 11 is 0. The highest BCUT2D eigenvalue weighted by molar-refractivity contribution is 5.21. The minimum Gasteiger partial charge on any atom is -0.309 e. The summed E-state index contributed by atoms with van der Waals surface area (Å²) in [5, 5.41) is 8.83. The highest BCUT2D eigenvalue weighted by Gasteiger charge is 2.21. The Labute approximate surface area is 114 Å². The molecule has 1 aromatic heterocycles. The summed E-state index contributed by atoms with van der Waals surface area (Å²) in [6.45, 7) is 4.25. The van der Waals surface area contributed by atoms with Gasteiger partial charge in [-0.2, -0.15) is 5.26 Å². The zero-order chi connectivity index (χ0) is 13.8. The van der Waals surface area contributed by atoms with E-state index in [9.17, 15) is 4.79 Å². The van der Waals surface area contributed by atoms with Gasteiger partial charge in [0.15, 0.2) is 0 Å². The van der Waals surface area contributed by atoms with Crippen molar-refractivity contribution >= 4 is 0 Å². The SMILES string of the molecule is CC(C)c1ccc(CC#N)c(=O)n1C1CCCCC1. The van der Waals surface area contributed by atoms with Crippen LogP contribution >= 0.6 is 0 Å². The van der Waals surface area contributed by atoms with Gasteiger partial charge in [0.05, 0.1) is 12.5 Å². The van der Waals surface area contributed by atoms with Crippen molar-refractivity contribution in [1.82, 2.24) is 4.57 Å². The first-order valence-corrected chi connectivity index (χ1v) is 7.26. The van der Waals surface area contributed by atoms with E-state index in [1.54, 1.807) is 0 Å². The van der Waals surface area contributed by atoms with Gasteiger partial charge in [0.25, 0.3) is 5.56 Å². The molecule has 1 aliphatic carbocycles. The molecular formula is C16H22N2O. The Morgan fingerprint density at radius 3 is 2.58 bits per heavy atom. The number of hydrogen-bond acceptors (Lipinski definition) is 2. The second-order valence-electron chi connectivity index (χ2n) is 5.74. The summed E-state index contributed by atoms with van der Waals surface area (Å²) in [5.41, 5.74) is 1.80. The average Bonchev–Trinajstić information content (AvgIpc) is 2.41. The van der Waals surface area contributed by atoms with Crippen LogP contribution in [-0.2, 0) is 6.42 Å². The van der Waals surface area contributed by atoms with Crippen LogP contribution in [-0.4, -0.2) is 4.57 Å². The van der Waals surface area contributed by atoms with Crippen LogP contribution in [0.5, 0.6) is 0 Å². The molecule has 1 aromatic rings. The number of hydrogen-bond donors (Lipinski definition) is 0. The molecule has 0 bridgehead atoms. The van der Waals surface area contributed by atoms with Crippen LogP contribution in [0.25, 0.3) is 0 Å². The molecule has 19 heavy (non-hydrogen) atoms. The Balaban J connectivity index is 2.50. The quantitative estimate of drug-likeness (QED) is 0.832. The third-order valence-corrected chi connectivity index (χ3v) is 4.03. The summed E-state index contributed by atoms with van der Waals surface area (Å²) in [7, 11) is 0. The van der Waals surface area contributed by atoms with E-state index in [2.05, 4.69) is 19.9 Å². The zero-order valence-corrected chi connectivity index (χ0v) is 11.9. The van der Waals surface area contributed by atoms with Crippen molar-refractivity contribution in [3.8, 4) is 6.07 Å². The van der Waals surface area contributed by atoms with Crippen LogP contribution in [0, 0.1) is 11.3 Å². The molecule has 0 spiro atoms. The Bertz CT molecular complexity index is 531. The van der Waals surface area contributed by atoms with Crippen LogP contribution in [0.3, 0.4) is 0 Å². The van der Waals surface area contributed by atoms with E-state index in [1.165, 1.54) is 19.3 Å². The molecule has 102 valence electrons. The standard InChI is InChI=1S/C16H22N2O/c1-12(2)15-9-8-13(10-11-17)16(19)18(15)14-6-4-3-5-7-14/h8-9,12,14H,3-7,10H2,1-2H3. The minimum atomic E-state index is 0.0552. The number of pyridine rings is 1. The lowest BCUT2D eigenvalue weighted by Crippen LogP contribution is -2.31. The molecule has 3 heteroatoms. The second kappa shape index (κ2) is 6.06. The molecule has 1 heterocycles. The molecule has 0 aliphatic heterocycles. The molecule has 1 saturated carbocycles. The Morgan fingerprint density at radius 1 is 1.32 bits per heavy atom. The summed E-state index contributed by atoms with van der Waals surface area (Å²) in [5.74, 6) is 0.339. The number of nitrogens with zero attached hydrogens (tertiary/aromatic N) is 2. The molecule has 0 radical (unpaired) electrons. The van der Waals surface area contributed by atoms with Crippen molar-refractivity contribution in [2.45, 2.75) is 64.3 Å². The Kier molecular flexibility index (Phi) is 4.42. The maximum atomic E-state index is 12.6. The summed E-state index contributed by atoms with van der Waals surface area (Å²) in [6, 6.07) is 6.29. The second-order valence-corrected chi connectivity index (χ2v) is 5.74. The normalized spacial score (nSPS) is 16.5. The lowest BCUT2D eigenvalue weighted by Gasteiger charge is -2.28. The van der Waals surface area contributed by atoms with Gasteiger partial charge in [-0.1, -0.05) is 39.2 Å². The first kappa shape index (κ1) is 13.9. The topological polar surface area (TPSA) is 45.8 Å². The van der Waals surface area contributed by atoms with E-state index < -0.39 is 0 Å². The molecule has 0 amide bonds. The molecule has 0 saturated heterocycles. The molecule has 0 unspecified atom stereocenters. The smallest absolute Gasteiger partial charge is 0.255 e. The van der Waals surface area contributed by atoms with E-state index in [1.807, 2.05) is 16.7 Å². The monoisotopic (exact) mass is 258 g/mol. The van der Waals surface area contributed by atoms with E-state index >= 15 is 0 Å². The van der Waals surface area contributed by atoms with E-state index in [-0.39, 0.29) is 12.0 Å². The predicted molar refractivity (Wildman–Crippen MR) is 76.2 cm³/mol. The van der Waals surface area contributed by atoms with Crippen molar-refractivity contribution in [2.24, 2.45) is 0 Å². The minimum absolute atomic E-state index is 0.0552. The predicted octanol–water partition coefficient (Wildman–Crippen LogP) is 3.54. The van der Waals surface area contributed by atoms with Gasteiger partial charge in [-0.3, -0.25) is 4.79 Å². The zero-order valence-electron chi connectivity index (χ0n) is 11.9. The highest BCUT2D eigenvalue weighted by Crippen LogP contribution is 2.29. The fourth-order valence-corrected chi connectivity index (χ4v) is 3.02. The highest BCUT2D eigenvalue weighted by atomic mass is 16.1. The van der Waals surface area contributed by atoms with Crippen molar-refractivity contribution < 1.29 is 0 Å². The molecule has 1 aliphatic rings. The molecule has 0 N–H and O–H groups in total. The van der Waals surface area contributed by atoms with E-state index in [0.717, 1.165) is 18.5 Å². The van der Waals surface area contributed by atoms with Crippen molar-refractivity contribution in [3.63, 3.8) is 0 Å². The van der Waals surface area contributed by atoms with Crippen molar-refractivity contribution in [1.29, 1.82) is 5.26 Å². The van der Waals surface area contributed by atoms with E-state index in [0.29, 0.717) is 17.5 Å². The summed E-state index contributed by atoms with van der Waals surface area (Å²) in [4.78, 5) is 12.6. The van der Waals surface area contributed by atoms with Gasteiger partial charge in [0.2, 0.25) is 0 Å². The van der Waals surface area contributed by atoms with Crippen LogP contribution in [0.15, 0.2) is 16.9 Å². The van der Waals surface area contributed by atoms with Gasteiger partial charge in [0.1, 0.15) is 0 Å². The lowest BCUT2D eigenvalue weighted by molar-refractivity contribution is 0.335. The number of rotatable bonds is 3. The van der Waals surface area contributed by atoms with Crippen molar-refractivity contribution in [2.75, 3.05) is 0 Å². The first-order chi connectivity index (χ1) is 9.15. The summed E-state index contributed by atoms with van der Waals surface area (Å²) in [6.07, 6.45) is 6.09. The van der Waals surface area contributed by atoms with Crippen LogP contribution in [0.4, 0.5) is 0 Å². The third-order valence-electron chi connectivity index (χ3n) is 4.03. The largest absolute Gasteiger partial charge is 0.309 e. The third kappa shape index (κ3) is 2.89. The van der Waals surface area contributed by atoms with Gasteiger partial charge in [-0.05, 0) is 24.8 Å². The Hall–Kier alpha value is -1.56. The molecule has 2 rings (SSSR count). The average molecular weight is 258 g/mol. The van der Waals surface area contributed by atoms with Gasteiger partial charge < -0.3 is 4.57 Å². The first-order valence-electron chi connectivity index (χ1n) is 7.26. The summed E-state index contributed by atoms with van der Waals surface area (Å²) < 4.78 is 1.98.